The second kappa shape index (κ2) is 6.78. The van der Waals surface area contributed by atoms with Gasteiger partial charge in [-0.25, -0.2) is 4.79 Å². The van der Waals surface area contributed by atoms with E-state index < -0.39 is 0 Å². The number of nitrogens with one attached hydrogen (secondary N) is 1. The molecule has 1 aromatic carbocycles. The molecule has 1 amide bonds. The Kier molecular flexibility index (Phi) is 5.23. The van der Waals surface area contributed by atoms with Crippen molar-refractivity contribution in [3.8, 4) is 0 Å². The fourth-order valence-electron chi connectivity index (χ4n) is 3.33. The van der Waals surface area contributed by atoms with Crippen LogP contribution in [0.1, 0.15) is 24.5 Å². The molecular weight excluding hydrogens is 448 g/mol. The minimum Gasteiger partial charge on any atom is -0.453 e. The Hall–Kier alpha value is -1.41. The number of aromatic amines is 1. The van der Waals surface area contributed by atoms with Gasteiger partial charge in [0, 0.05) is 45.4 Å². The molecule has 1 fully saturated rings. The fraction of sp³-hybridized carbons (Fsp3) is 0.412. The molecule has 1 saturated heterocycles. The molecule has 0 saturated carbocycles. The monoisotopic (exact) mass is 469 g/mol. The van der Waals surface area contributed by atoms with Crippen LogP contribution in [0.25, 0.3) is 10.9 Å². The normalized spacial score (nSPS) is 20.9. The van der Waals surface area contributed by atoms with Crippen LogP contribution in [0.2, 0.25) is 0 Å². The molecule has 0 bridgehead atoms. The fourth-order valence-corrected chi connectivity index (χ4v) is 3.33. The summed E-state index contributed by atoms with van der Waals surface area (Å²) in [6, 6.07) is 6.36. The van der Waals surface area contributed by atoms with Crippen molar-refractivity contribution in [3.63, 3.8) is 0 Å². The zero-order chi connectivity index (χ0) is 15.0. The SMILES string of the molecule is [CH2-]c1ccc2[nH]cc(CC3CC(C)CN3C(=O)OC)c2c1.[W]. The molecule has 2 unspecified atom stereocenters. The first-order valence-corrected chi connectivity index (χ1v) is 7.35. The number of fused-ring (bicyclic) bond motifs is 1. The summed E-state index contributed by atoms with van der Waals surface area (Å²) in [5.41, 5.74) is 3.37. The van der Waals surface area contributed by atoms with Gasteiger partial charge >= 0.3 is 6.09 Å². The number of carbonyl (C=O) groups is 1. The molecule has 4 nitrogen and oxygen atoms in total. The summed E-state index contributed by atoms with van der Waals surface area (Å²) in [6.45, 7) is 6.95. The Bertz CT molecular complexity index is 668. The number of methoxy groups -OCH3 is 1. The number of amides is 1. The van der Waals surface area contributed by atoms with Crippen LogP contribution in [0.5, 0.6) is 0 Å². The van der Waals surface area contributed by atoms with Crippen LogP contribution < -0.4 is 0 Å². The van der Waals surface area contributed by atoms with Gasteiger partial charge in [-0.1, -0.05) is 18.4 Å². The molecule has 1 aromatic heterocycles. The smallest absolute Gasteiger partial charge is 0.409 e. The van der Waals surface area contributed by atoms with Gasteiger partial charge in [0.15, 0.2) is 0 Å². The van der Waals surface area contributed by atoms with Crippen molar-refractivity contribution in [1.29, 1.82) is 0 Å². The molecule has 2 heterocycles. The quantitative estimate of drug-likeness (QED) is 0.686. The number of hydrogen-bond acceptors (Lipinski definition) is 2. The first-order chi connectivity index (χ1) is 10.1. The van der Waals surface area contributed by atoms with Crippen molar-refractivity contribution >= 4 is 17.0 Å². The third-order valence-corrected chi connectivity index (χ3v) is 4.32. The van der Waals surface area contributed by atoms with E-state index in [4.69, 9.17) is 4.74 Å². The number of hydrogen-bond donors (Lipinski definition) is 1. The molecule has 0 aliphatic carbocycles. The van der Waals surface area contributed by atoms with Crippen molar-refractivity contribution in [2.45, 2.75) is 25.8 Å². The first-order valence-electron chi connectivity index (χ1n) is 7.35. The molecule has 2 atom stereocenters. The molecule has 0 radical (unpaired) electrons. The van der Waals surface area contributed by atoms with Gasteiger partial charge in [-0.15, -0.1) is 0 Å². The summed E-state index contributed by atoms with van der Waals surface area (Å²) in [4.78, 5) is 17.1. The minimum absolute atomic E-state index is 0. The molecule has 118 valence electrons. The van der Waals surface area contributed by atoms with Gasteiger partial charge in [0.2, 0.25) is 0 Å². The average molecular weight is 469 g/mol. The van der Waals surface area contributed by atoms with Gasteiger partial charge in [0.1, 0.15) is 0 Å². The standard InChI is InChI=1S/C17H21N2O2.W/c1-11-4-5-16-15(7-11)13(9-18-16)8-14-6-12(2)10-19(14)17(20)21-3;/h4-5,7,9,12,14,18H,1,6,8,10H2,2-3H3;/q-1;. The Balaban J connectivity index is 0.00000176. The molecular formula is C17H21N2O2W-. The van der Waals surface area contributed by atoms with E-state index in [0.717, 1.165) is 30.5 Å². The van der Waals surface area contributed by atoms with Gasteiger partial charge in [-0.3, -0.25) is 0 Å². The van der Waals surface area contributed by atoms with Gasteiger partial charge in [-0.2, -0.15) is 24.6 Å². The predicted octanol–water partition coefficient (Wildman–Crippen LogP) is 3.37. The van der Waals surface area contributed by atoms with E-state index in [1.807, 2.05) is 17.2 Å². The maximum absolute atomic E-state index is 11.9. The summed E-state index contributed by atoms with van der Waals surface area (Å²) in [5.74, 6) is 0.516. The van der Waals surface area contributed by atoms with E-state index in [0.29, 0.717) is 5.92 Å². The van der Waals surface area contributed by atoms with Crippen LogP contribution in [0, 0.1) is 12.8 Å². The van der Waals surface area contributed by atoms with Crippen LogP contribution >= 0.6 is 0 Å². The van der Waals surface area contributed by atoms with Crippen LogP contribution in [-0.2, 0) is 32.2 Å². The topological polar surface area (TPSA) is 45.3 Å². The molecule has 1 aliphatic rings. The molecule has 3 rings (SSSR count). The third-order valence-electron chi connectivity index (χ3n) is 4.32. The third kappa shape index (κ3) is 3.17. The van der Waals surface area contributed by atoms with Crippen molar-refractivity contribution in [3.05, 3.63) is 42.4 Å². The Morgan fingerprint density at radius 2 is 2.27 bits per heavy atom. The van der Waals surface area contributed by atoms with E-state index in [-0.39, 0.29) is 33.2 Å². The first kappa shape index (κ1) is 17.0. The van der Waals surface area contributed by atoms with E-state index >= 15 is 0 Å². The second-order valence-electron chi connectivity index (χ2n) is 6.02. The number of nitrogens with zero attached hydrogens (tertiary/aromatic N) is 1. The van der Waals surface area contributed by atoms with E-state index in [2.05, 4.69) is 31.0 Å². The summed E-state index contributed by atoms with van der Waals surface area (Å²) in [6.07, 6.45) is 3.69. The minimum atomic E-state index is -0.220. The second-order valence-corrected chi connectivity index (χ2v) is 6.02. The Labute approximate surface area is 145 Å². The van der Waals surface area contributed by atoms with Crippen molar-refractivity contribution in [1.82, 2.24) is 9.88 Å². The number of likely N-dealkylation sites (tertiary alicyclic amines) is 1. The van der Waals surface area contributed by atoms with Crippen LogP contribution in [0.15, 0.2) is 24.4 Å². The Morgan fingerprint density at radius 3 is 3.00 bits per heavy atom. The molecule has 1 N–H and O–H groups in total. The van der Waals surface area contributed by atoms with E-state index in [9.17, 15) is 4.79 Å². The zero-order valence-electron chi connectivity index (χ0n) is 13.0. The van der Waals surface area contributed by atoms with Crippen molar-refractivity contribution in [2.24, 2.45) is 5.92 Å². The molecule has 22 heavy (non-hydrogen) atoms. The van der Waals surface area contributed by atoms with Crippen LogP contribution in [-0.4, -0.2) is 35.7 Å². The van der Waals surface area contributed by atoms with Gasteiger partial charge in [0.25, 0.3) is 0 Å². The van der Waals surface area contributed by atoms with E-state index in [1.165, 1.54) is 18.1 Å². The number of aromatic nitrogens is 1. The number of H-pyrrole nitrogens is 1. The molecule has 1 aliphatic heterocycles. The summed E-state index contributed by atoms with van der Waals surface area (Å²) < 4.78 is 4.91. The number of ether oxygens (including phenoxy) is 1. The van der Waals surface area contributed by atoms with Gasteiger partial charge in [0.05, 0.1) is 7.11 Å². The Morgan fingerprint density at radius 1 is 1.50 bits per heavy atom. The average Bonchev–Trinajstić information content (AvgIpc) is 3.02. The molecule has 2 aromatic rings. The summed E-state index contributed by atoms with van der Waals surface area (Å²) >= 11 is 0. The number of benzene rings is 1. The predicted molar refractivity (Wildman–Crippen MR) is 83.1 cm³/mol. The maximum atomic E-state index is 11.9. The van der Waals surface area contributed by atoms with Crippen molar-refractivity contribution < 1.29 is 30.6 Å². The zero-order valence-corrected chi connectivity index (χ0v) is 15.9. The van der Waals surface area contributed by atoms with Crippen molar-refractivity contribution in [2.75, 3.05) is 13.7 Å². The van der Waals surface area contributed by atoms with Gasteiger partial charge < -0.3 is 14.6 Å². The number of carbonyl (C=O) groups excluding carboxylic acids is 1. The van der Waals surface area contributed by atoms with Gasteiger partial charge in [-0.05, 0) is 24.3 Å². The largest absolute Gasteiger partial charge is 0.453 e. The number of rotatable bonds is 2. The van der Waals surface area contributed by atoms with Crippen LogP contribution in [0.4, 0.5) is 4.79 Å². The maximum Gasteiger partial charge on any atom is 0.409 e. The molecule has 0 spiro atoms. The van der Waals surface area contributed by atoms with Crippen LogP contribution in [0.3, 0.4) is 0 Å². The summed E-state index contributed by atoms with van der Waals surface area (Å²) in [5, 5.41) is 1.20. The molecule has 5 heteroatoms. The van der Waals surface area contributed by atoms with E-state index in [1.54, 1.807) is 0 Å². The summed E-state index contributed by atoms with van der Waals surface area (Å²) in [7, 11) is 1.45.